The number of carbonyl (C=O) groups is 1. The van der Waals surface area contributed by atoms with Crippen LogP contribution in [0.1, 0.15) is 22.3 Å². The molecule has 0 saturated carbocycles. The minimum atomic E-state index is -0.0596. The SMILES string of the molecule is CNC(=O)c1ccc(CN(C)CCCOc2ccc(OC)cc2)cc1. The Morgan fingerprint density at radius 1 is 1.04 bits per heavy atom. The van der Waals surface area contributed by atoms with Gasteiger partial charge in [0.25, 0.3) is 5.91 Å². The molecule has 0 atom stereocenters. The predicted octanol–water partition coefficient (Wildman–Crippen LogP) is 2.96. The molecule has 0 radical (unpaired) electrons. The Labute approximate surface area is 149 Å². The zero-order valence-corrected chi connectivity index (χ0v) is 15.1. The van der Waals surface area contributed by atoms with Gasteiger partial charge >= 0.3 is 0 Å². The quantitative estimate of drug-likeness (QED) is 0.712. The van der Waals surface area contributed by atoms with Crippen molar-refractivity contribution in [2.24, 2.45) is 0 Å². The Morgan fingerprint density at radius 2 is 1.68 bits per heavy atom. The van der Waals surface area contributed by atoms with E-state index in [4.69, 9.17) is 9.47 Å². The van der Waals surface area contributed by atoms with E-state index in [1.54, 1.807) is 14.2 Å². The molecule has 0 unspecified atom stereocenters. The van der Waals surface area contributed by atoms with Crippen LogP contribution in [0.5, 0.6) is 11.5 Å². The molecule has 5 nitrogen and oxygen atoms in total. The number of hydrogen-bond donors (Lipinski definition) is 1. The first-order valence-corrected chi connectivity index (χ1v) is 8.39. The fourth-order valence-corrected chi connectivity index (χ4v) is 2.49. The van der Waals surface area contributed by atoms with Crippen LogP contribution in [0.2, 0.25) is 0 Å². The van der Waals surface area contributed by atoms with E-state index in [9.17, 15) is 4.79 Å². The normalized spacial score (nSPS) is 10.6. The Bertz CT molecular complexity index is 654. The molecule has 25 heavy (non-hydrogen) atoms. The number of nitrogens with zero attached hydrogens (tertiary/aromatic N) is 1. The van der Waals surface area contributed by atoms with Gasteiger partial charge in [0.05, 0.1) is 13.7 Å². The number of methoxy groups -OCH3 is 1. The fourth-order valence-electron chi connectivity index (χ4n) is 2.49. The summed E-state index contributed by atoms with van der Waals surface area (Å²) in [6, 6.07) is 15.3. The molecular formula is C20H26N2O3. The van der Waals surface area contributed by atoms with E-state index in [1.807, 2.05) is 48.5 Å². The number of rotatable bonds is 9. The molecule has 134 valence electrons. The van der Waals surface area contributed by atoms with Crippen LogP contribution in [-0.2, 0) is 6.54 Å². The molecule has 5 heteroatoms. The van der Waals surface area contributed by atoms with Crippen LogP contribution < -0.4 is 14.8 Å². The highest BCUT2D eigenvalue weighted by Crippen LogP contribution is 2.17. The van der Waals surface area contributed by atoms with E-state index < -0.39 is 0 Å². The van der Waals surface area contributed by atoms with E-state index in [0.29, 0.717) is 12.2 Å². The molecule has 0 aliphatic rings. The van der Waals surface area contributed by atoms with E-state index in [-0.39, 0.29) is 5.91 Å². The van der Waals surface area contributed by atoms with Crippen LogP contribution in [0.4, 0.5) is 0 Å². The van der Waals surface area contributed by atoms with Crippen molar-refractivity contribution >= 4 is 5.91 Å². The molecule has 0 aliphatic carbocycles. The third-order valence-electron chi connectivity index (χ3n) is 3.91. The van der Waals surface area contributed by atoms with Crippen LogP contribution in [-0.4, -0.2) is 45.2 Å². The average Bonchev–Trinajstić information content (AvgIpc) is 2.65. The molecule has 0 spiro atoms. The number of carbonyl (C=O) groups excluding carboxylic acids is 1. The lowest BCUT2D eigenvalue weighted by molar-refractivity contribution is 0.0963. The molecule has 0 fully saturated rings. The van der Waals surface area contributed by atoms with Gasteiger partial charge in [-0.2, -0.15) is 0 Å². The van der Waals surface area contributed by atoms with E-state index in [1.165, 1.54) is 5.56 Å². The van der Waals surface area contributed by atoms with Gasteiger partial charge in [0, 0.05) is 25.7 Å². The third-order valence-corrected chi connectivity index (χ3v) is 3.91. The zero-order valence-electron chi connectivity index (χ0n) is 15.1. The summed E-state index contributed by atoms with van der Waals surface area (Å²) in [4.78, 5) is 13.8. The second-order valence-electron chi connectivity index (χ2n) is 5.89. The zero-order chi connectivity index (χ0) is 18.1. The van der Waals surface area contributed by atoms with Crippen LogP contribution in [0.25, 0.3) is 0 Å². The predicted molar refractivity (Wildman–Crippen MR) is 99.3 cm³/mol. The maximum Gasteiger partial charge on any atom is 0.251 e. The molecule has 0 saturated heterocycles. The van der Waals surface area contributed by atoms with Gasteiger partial charge in [-0.05, 0) is 55.4 Å². The van der Waals surface area contributed by atoms with Gasteiger partial charge in [0.2, 0.25) is 0 Å². The van der Waals surface area contributed by atoms with Gasteiger partial charge in [0.1, 0.15) is 11.5 Å². The number of ether oxygens (including phenoxy) is 2. The summed E-state index contributed by atoms with van der Waals surface area (Å²) < 4.78 is 10.9. The average molecular weight is 342 g/mol. The molecule has 2 aromatic rings. The summed E-state index contributed by atoms with van der Waals surface area (Å²) in [5.74, 6) is 1.62. The fraction of sp³-hybridized carbons (Fsp3) is 0.350. The molecule has 1 N–H and O–H groups in total. The Balaban J connectivity index is 1.69. The molecule has 1 amide bonds. The first-order valence-electron chi connectivity index (χ1n) is 8.39. The number of hydrogen-bond acceptors (Lipinski definition) is 4. The minimum Gasteiger partial charge on any atom is -0.497 e. The van der Waals surface area contributed by atoms with Crippen molar-refractivity contribution < 1.29 is 14.3 Å². The van der Waals surface area contributed by atoms with Crippen LogP contribution >= 0.6 is 0 Å². The summed E-state index contributed by atoms with van der Waals surface area (Å²) in [6.45, 7) is 2.45. The Hall–Kier alpha value is -2.53. The highest BCUT2D eigenvalue weighted by molar-refractivity contribution is 5.93. The molecule has 2 aromatic carbocycles. The van der Waals surface area contributed by atoms with Crippen LogP contribution in [0.3, 0.4) is 0 Å². The molecule has 0 aliphatic heterocycles. The van der Waals surface area contributed by atoms with Gasteiger partial charge in [-0.1, -0.05) is 12.1 Å². The standard InChI is InChI=1S/C20H26N2O3/c1-21-20(23)17-7-5-16(6-8-17)15-22(2)13-4-14-25-19-11-9-18(24-3)10-12-19/h5-12H,4,13-15H2,1-3H3,(H,21,23). The van der Waals surface area contributed by atoms with E-state index in [0.717, 1.165) is 31.0 Å². The monoisotopic (exact) mass is 342 g/mol. The summed E-state index contributed by atoms with van der Waals surface area (Å²) in [6.07, 6.45) is 0.943. The molecule has 0 heterocycles. The van der Waals surface area contributed by atoms with Gasteiger partial charge in [-0.25, -0.2) is 0 Å². The largest absolute Gasteiger partial charge is 0.497 e. The Kier molecular flexibility index (Phi) is 7.29. The van der Waals surface area contributed by atoms with E-state index >= 15 is 0 Å². The smallest absolute Gasteiger partial charge is 0.251 e. The van der Waals surface area contributed by atoms with Crippen LogP contribution in [0.15, 0.2) is 48.5 Å². The molecular weight excluding hydrogens is 316 g/mol. The van der Waals surface area contributed by atoms with Gasteiger partial charge in [0.15, 0.2) is 0 Å². The number of benzene rings is 2. The first-order chi connectivity index (χ1) is 12.1. The summed E-state index contributed by atoms with van der Waals surface area (Å²) in [5, 5.41) is 2.63. The highest BCUT2D eigenvalue weighted by atomic mass is 16.5. The van der Waals surface area contributed by atoms with Gasteiger partial charge in [-0.3, -0.25) is 4.79 Å². The molecule has 0 bridgehead atoms. The van der Waals surface area contributed by atoms with Crippen LogP contribution in [0, 0.1) is 0 Å². The lowest BCUT2D eigenvalue weighted by atomic mass is 10.1. The van der Waals surface area contributed by atoms with E-state index in [2.05, 4.69) is 17.3 Å². The van der Waals surface area contributed by atoms with Gasteiger partial charge in [-0.15, -0.1) is 0 Å². The summed E-state index contributed by atoms with van der Waals surface area (Å²) in [7, 11) is 5.37. The molecule has 0 aromatic heterocycles. The topological polar surface area (TPSA) is 50.8 Å². The lowest BCUT2D eigenvalue weighted by Crippen LogP contribution is -2.21. The second kappa shape index (κ2) is 9.69. The van der Waals surface area contributed by atoms with Crippen molar-refractivity contribution in [3.8, 4) is 11.5 Å². The number of amides is 1. The van der Waals surface area contributed by atoms with Crippen molar-refractivity contribution in [3.63, 3.8) is 0 Å². The summed E-state index contributed by atoms with van der Waals surface area (Å²) >= 11 is 0. The van der Waals surface area contributed by atoms with Crippen molar-refractivity contribution in [3.05, 3.63) is 59.7 Å². The highest BCUT2D eigenvalue weighted by Gasteiger charge is 2.04. The third kappa shape index (κ3) is 6.12. The first kappa shape index (κ1) is 18.8. The molecule has 2 rings (SSSR count). The maximum atomic E-state index is 11.5. The van der Waals surface area contributed by atoms with Crippen molar-refractivity contribution in [1.29, 1.82) is 0 Å². The Morgan fingerprint density at radius 3 is 2.28 bits per heavy atom. The minimum absolute atomic E-state index is 0.0596. The van der Waals surface area contributed by atoms with Crippen molar-refractivity contribution in [2.45, 2.75) is 13.0 Å². The van der Waals surface area contributed by atoms with Crippen molar-refractivity contribution in [1.82, 2.24) is 10.2 Å². The van der Waals surface area contributed by atoms with Crippen molar-refractivity contribution in [2.75, 3.05) is 34.4 Å². The lowest BCUT2D eigenvalue weighted by Gasteiger charge is -2.17. The maximum absolute atomic E-state index is 11.5. The number of nitrogens with one attached hydrogen (secondary N) is 1. The summed E-state index contributed by atoms with van der Waals surface area (Å²) in [5.41, 5.74) is 1.87. The van der Waals surface area contributed by atoms with Gasteiger partial charge < -0.3 is 19.7 Å². The second-order valence-corrected chi connectivity index (χ2v) is 5.89.